The van der Waals surface area contributed by atoms with Gasteiger partial charge in [-0.15, -0.1) is 0 Å². The number of aromatic nitrogens is 1. The van der Waals surface area contributed by atoms with Gasteiger partial charge in [-0.2, -0.15) is 0 Å². The van der Waals surface area contributed by atoms with Gasteiger partial charge in [0.2, 0.25) is 5.75 Å². The van der Waals surface area contributed by atoms with E-state index in [9.17, 15) is 13.6 Å². The molecule has 4 rings (SSSR count). The fourth-order valence-corrected chi connectivity index (χ4v) is 4.59. The molecule has 1 aliphatic heterocycles. The number of anilines is 2. The molecule has 1 aromatic heterocycles. The number of fused-ring (bicyclic) bond motifs is 1. The number of amides is 2. The summed E-state index contributed by atoms with van der Waals surface area (Å²) in [7, 11) is 4.52. The molecule has 1 aliphatic rings. The second-order valence-electron chi connectivity index (χ2n) is 7.05. The van der Waals surface area contributed by atoms with Crippen LogP contribution in [0, 0.1) is 11.6 Å². The molecule has 0 spiro atoms. The van der Waals surface area contributed by atoms with Crippen molar-refractivity contribution in [1.29, 1.82) is 0 Å². The van der Waals surface area contributed by atoms with Gasteiger partial charge in [-0.05, 0) is 6.07 Å². The van der Waals surface area contributed by atoms with Gasteiger partial charge in [0.15, 0.2) is 22.4 Å². The molecule has 2 heterocycles. The molecule has 170 valence electrons. The first-order chi connectivity index (χ1) is 15.4. The molecule has 2 aromatic carbocycles. The van der Waals surface area contributed by atoms with Crippen molar-refractivity contribution < 1.29 is 27.8 Å². The average molecular weight is 464 g/mol. The molecule has 3 aromatic rings. The van der Waals surface area contributed by atoms with E-state index < -0.39 is 11.6 Å². The first kappa shape index (κ1) is 21.9. The highest BCUT2D eigenvalue weighted by atomic mass is 32.1. The number of ether oxygens (including phenoxy) is 3. The number of hydrogen-bond donors (Lipinski definition) is 1. The van der Waals surface area contributed by atoms with Gasteiger partial charge in [0, 0.05) is 44.4 Å². The summed E-state index contributed by atoms with van der Waals surface area (Å²) in [6.45, 7) is 1.94. The zero-order valence-corrected chi connectivity index (χ0v) is 18.6. The topological polar surface area (TPSA) is 76.2 Å². The van der Waals surface area contributed by atoms with E-state index in [2.05, 4.69) is 10.3 Å². The maximum Gasteiger partial charge on any atom is 0.321 e. The van der Waals surface area contributed by atoms with Gasteiger partial charge in [-0.3, -0.25) is 0 Å². The van der Waals surface area contributed by atoms with Crippen LogP contribution in [0.4, 0.5) is 24.4 Å². The van der Waals surface area contributed by atoms with Crippen molar-refractivity contribution in [1.82, 2.24) is 9.88 Å². The smallest absolute Gasteiger partial charge is 0.321 e. The zero-order valence-electron chi connectivity index (χ0n) is 17.8. The van der Waals surface area contributed by atoms with E-state index in [0.717, 1.165) is 6.07 Å². The van der Waals surface area contributed by atoms with E-state index in [0.29, 0.717) is 58.9 Å². The molecule has 1 N–H and O–H groups in total. The van der Waals surface area contributed by atoms with Crippen LogP contribution >= 0.6 is 11.3 Å². The SMILES string of the molecule is COc1cc(NC(=O)N2CCN(c3nc4c(F)cc(F)cc4s3)CC2)cc(OC)c1OC. The van der Waals surface area contributed by atoms with Gasteiger partial charge in [0.25, 0.3) is 0 Å². The van der Waals surface area contributed by atoms with E-state index in [4.69, 9.17) is 14.2 Å². The second-order valence-corrected chi connectivity index (χ2v) is 8.06. The summed E-state index contributed by atoms with van der Waals surface area (Å²) in [6, 6.07) is 5.16. The Hall–Kier alpha value is -3.34. The van der Waals surface area contributed by atoms with Crippen LogP contribution in [0.2, 0.25) is 0 Å². The molecule has 0 radical (unpaired) electrons. The average Bonchev–Trinajstić information content (AvgIpc) is 3.22. The lowest BCUT2D eigenvalue weighted by atomic mass is 10.2. The number of benzene rings is 2. The van der Waals surface area contributed by atoms with Crippen LogP contribution in [0.3, 0.4) is 0 Å². The van der Waals surface area contributed by atoms with E-state index in [1.54, 1.807) is 17.0 Å². The van der Waals surface area contributed by atoms with Crippen LogP contribution in [0.5, 0.6) is 17.2 Å². The Morgan fingerprint density at radius 3 is 2.25 bits per heavy atom. The molecule has 0 aliphatic carbocycles. The standard InChI is InChI=1S/C21H22F2N4O4S/c1-29-15-10-13(11-16(30-2)19(15)31-3)24-20(28)26-4-6-27(7-5-26)21-25-18-14(23)8-12(22)9-17(18)32-21/h8-11H,4-7H2,1-3H3,(H,24,28). The number of piperazine rings is 1. The summed E-state index contributed by atoms with van der Waals surface area (Å²) in [4.78, 5) is 20.7. The lowest BCUT2D eigenvalue weighted by Gasteiger charge is -2.34. The van der Waals surface area contributed by atoms with Crippen LogP contribution in [-0.4, -0.2) is 63.4 Å². The number of hydrogen-bond acceptors (Lipinski definition) is 7. The third-order valence-corrected chi connectivity index (χ3v) is 6.22. The summed E-state index contributed by atoms with van der Waals surface area (Å²) in [5, 5.41) is 3.46. The van der Waals surface area contributed by atoms with Gasteiger partial charge in [0.1, 0.15) is 11.3 Å². The van der Waals surface area contributed by atoms with Crippen LogP contribution in [0.1, 0.15) is 0 Å². The molecule has 2 amide bonds. The van der Waals surface area contributed by atoms with Gasteiger partial charge in [0.05, 0.1) is 31.7 Å². The number of methoxy groups -OCH3 is 3. The van der Waals surface area contributed by atoms with Crippen molar-refractivity contribution in [2.45, 2.75) is 0 Å². The Morgan fingerprint density at radius 2 is 1.66 bits per heavy atom. The van der Waals surface area contributed by atoms with Crippen molar-refractivity contribution in [2.75, 3.05) is 57.7 Å². The third kappa shape index (κ3) is 4.20. The molecule has 1 saturated heterocycles. The number of rotatable bonds is 5. The number of thiazole rings is 1. The fourth-order valence-electron chi connectivity index (χ4n) is 3.54. The molecule has 0 atom stereocenters. The van der Waals surface area contributed by atoms with E-state index in [1.807, 2.05) is 4.90 Å². The molecule has 32 heavy (non-hydrogen) atoms. The van der Waals surface area contributed by atoms with Crippen LogP contribution < -0.4 is 24.4 Å². The Morgan fingerprint density at radius 1 is 1.00 bits per heavy atom. The summed E-state index contributed by atoms with van der Waals surface area (Å²) in [5.74, 6) is 0.0102. The number of nitrogens with zero attached hydrogens (tertiary/aromatic N) is 3. The third-order valence-electron chi connectivity index (χ3n) is 5.16. The van der Waals surface area contributed by atoms with E-state index >= 15 is 0 Å². The molecule has 0 unspecified atom stereocenters. The summed E-state index contributed by atoms with van der Waals surface area (Å²) in [5.41, 5.74) is 0.671. The number of halogens is 2. The predicted octanol–water partition coefficient (Wildman–Crippen LogP) is 3.95. The second kappa shape index (κ2) is 9.03. The largest absolute Gasteiger partial charge is 0.493 e. The highest BCUT2D eigenvalue weighted by molar-refractivity contribution is 7.22. The first-order valence-corrected chi connectivity index (χ1v) is 10.6. The fraction of sp³-hybridized carbons (Fsp3) is 0.333. The van der Waals surface area contributed by atoms with Crippen LogP contribution in [0.25, 0.3) is 10.2 Å². The van der Waals surface area contributed by atoms with Gasteiger partial charge < -0.3 is 29.3 Å². The number of nitrogens with one attached hydrogen (secondary N) is 1. The molecule has 8 nitrogen and oxygen atoms in total. The Balaban J connectivity index is 1.42. The predicted molar refractivity (Wildman–Crippen MR) is 118 cm³/mol. The summed E-state index contributed by atoms with van der Waals surface area (Å²) >= 11 is 1.23. The molecule has 0 bridgehead atoms. The normalized spacial score (nSPS) is 13.9. The van der Waals surface area contributed by atoms with Crippen LogP contribution in [0.15, 0.2) is 24.3 Å². The molecular formula is C21H22F2N4O4S. The molecular weight excluding hydrogens is 442 g/mol. The van der Waals surface area contributed by atoms with Crippen molar-refractivity contribution in [3.05, 3.63) is 35.9 Å². The zero-order chi connectivity index (χ0) is 22.8. The molecule has 0 saturated carbocycles. The monoisotopic (exact) mass is 464 g/mol. The number of carbonyl (C=O) groups is 1. The van der Waals surface area contributed by atoms with E-state index in [-0.39, 0.29) is 11.5 Å². The minimum atomic E-state index is -0.675. The highest BCUT2D eigenvalue weighted by Gasteiger charge is 2.24. The lowest BCUT2D eigenvalue weighted by molar-refractivity contribution is 0.208. The van der Waals surface area contributed by atoms with E-state index in [1.165, 1.54) is 38.7 Å². The molecule has 11 heteroatoms. The summed E-state index contributed by atoms with van der Waals surface area (Å²) < 4.78 is 43.8. The summed E-state index contributed by atoms with van der Waals surface area (Å²) in [6.07, 6.45) is 0. The minimum Gasteiger partial charge on any atom is -0.493 e. The number of carbonyl (C=O) groups excluding carboxylic acids is 1. The van der Waals surface area contributed by atoms with Crippen molar-refractivity contribution in [3.63, 3.8) is 0 Å². The number of urea groups is 1. The molecule has 1 fully saturated rings. The maximum atomic E-state index is 14.0. The highest BCUT2D eigenvalue weighted by Crippen LogP contribution is 2.40. The van der Waals surface area contributed by atoms with Crippen molar-refractivity contribution >= 4 is 38.4 Å². The lowest BCUT2D eigenvalue weighted by Crippen LogP contribution is -2.50. The van der Waals surface area contributed by atoms with Gasteiger partial charge >= 0.3 is 6.03 Å². The maximum absolute atomic E-state index is 14.0. The minimum absolute atomic E-state index is 0.161. The van der Waals surface area contributed by atoms with Crippen LogP contribution in [-0.2, 0) is 0 Å². The Bertz CT molecular complexity index is 1120. The quantitative estimate of drug-likeness (QED) is 0.616. The van der Waals surface area contributed by atoms with Gasteiger partial charge in [-0.25, -0.2) is 18.6 Å². The Kier molecular flexibility index (Phi) is 6.17. The van der Waals surface area contributed by atoms with Gasteiger partial charge in [-0.1, -0.05) is 11.3 Å². The van der Waals surface area contributed by atoms with Crippen molar-refractivity contribution in [2.24, 2.45) is 0 Å². The van der Waals surface area contributed by atoms with Crippen molar-refractivity contribution in [3.8, 4) is 17.2 Å². The first-order valence-electron chi connectivity index (χ1n) is 9.80. The Labute approximate surface area is 187 Å².